The Bertz CT molecular complexity index is 1590. The highest BCUT2D eigenvalue weighted by Gasteiger charge is 2.30. The SMILES string of the molecule is CC(C)(C)OC(=O)[C@@H](Cc1ccccc1)NS(=O)(=O)c1ccc(-c2nnn(-c3ccc(C4CCCCC4)cc3)n2)cc1. The first-order chi connectivity index (χ1) is 20.1. The summed E-state index contributed by atoms with van der Waals surface area (Å²) in [7, 11) is -4.04. The predicted molar refractivity (Wildman–Crippen MR) is 161 cm³/mol. The molecule has 1 atom stereocenters. The minimum absolute atomic E-state index is 0.0126. The van der Waals surface area contributed by atoms with Crippen LogP contribution < -0.4 is 4.72 Å². The van der Waals surface area contributed by atoms with Crippen molar-refractivity contribution in [1.82, 2.24) is 24.9 Å². The number of ether oxygens (including phenoxy) is 1. The molecule has 0 spiro atoms. The fraction of sp³-hybridized carbons (Fsp3) is 0.375. The van der Waals surface area contributed by atoms with Crippen molar-refractivity contribution in [3.8, 4) is 17.1 Å². The molecule has 42 heavy (non-hydrogen) atoms. The second-order valence-electron chi connectivity index (χ2n) is 11.8. The number of carbonyl (C=O) groups is 1. The Morgan fingerprint density at radius 3 is 2.26 bits per heavy atom. The average molecular weight is 588 g/mol. The van der Waals surface area contributed by atoms with Gasteiger partial charge in [-0.2, -0.15) is 4.72 Å². The maximum Gasteiger partial charge on any atom is 0.325 e. The minimum Gasteiger partial charge on any atom is -0.459 e. The van der Waals surface area contributed by atoms with Gasteiger partial charge in [0.05, 0.1) is 10.6 Å². The van der Waals surface area contributed by atoms with E-state index in [1.165, 1.54) is 54.6 Å². The Morgan fingerprint density at radius 1 is 0.952 bits per heavy atom. The third kappa shape index (κ3) is 7.49. The summed E-state index contributed by atoms with van der Waals surface area (Å²) < 4.78 is 34.7. The number of carbonyl (C=O) groups excluding carboxylic acids is 1. The van der Waals surface area contributed by atoms with Crippen molar-refractivity contribution in [3.63, 3.8) is 0 Å². The number of hydrogen-bond donors (Lipinski definition) is 1. The summed E-state index contributed by atoms with van der Waals surface area (Å²) in [5, 5.41) is 12.9. The molecule has 0 amide bonds. The number of nitrogens with one attached hydrogen (secondary N) is 1. The zero-order chi connectivity index (χ0) is 29.7. The Kier molecular flexibility index (Phi) is 8.84. The van der Waals surface area contributed by atoms with Crippen molar-refractivity contribution in [1.29, 1.82) is 0 Å². The van der Waals surface area contributed by atoms with Crippen molar-refractivity contribution in [2.24, 2.45) is 0 Å². The number of aromatic nitrogens is 4. The minimum atomic E-state index is -4.04. The summed E-state index contributed by atoms with van der Waals surface area (Å²) in [6.07, 6.45) is 6.53. The van der Waals surface area contributed by atoms with E-state index in [9.17, 15) is 13.2 Å². The average Bonchev–Trinajstić information content (AvgIpc) is 3.48. The topological polar surface area (TPSA) is 116 Å². The zero-order valence-corrected chi connectivity index (χ0v) is 25.0. The van der Waals surface area contributed by atoms with E-state index in [4.69, 9.17) is 4.74 Å². The highest BCUT2D eigenvalue weighted by Crippen LogP contribution is 2.32. The largest absolute Gasteiger partial charge is 0.459 e. The van der Waals surface area contributed by atoms with Crippen molar-refractivity contribution >= 4 is 16.0 Å². The first kappa shape index (κ1) is 29.6. The molecular weight excluding hydrogens is 550 g/mol. The van der Waals surface area contributed by atoms with Gasteiger partial charge in [0.1, 0.15) is 11.6 Å². The molecule has 220 valence electrons. The standard InChI is InChI=1S/C32H37N5O4S/c1-32(2,3)41-31(38)29(22-23-10-6-4-7-11-23)35-42(39,40)28-20-16-26(17-21-28)30-33-36-37(34-30)27-18-14-25(15-19-27)24-12-8-5-9-13-24/h4,6-7,10-11,14-21,24,29,35H,5,8-9,12-13,22H2,1-3H3/t29-/m1/s1. The van der Waals surface area contributed by atoms with Crippen LogP contribution in [0.1, 0.15) is 69.9 Å². The Morgan fingerprint density at radius 2 is 1.62 bits per heavy atom. The molecule has 0 saturated heterocycles. The van der Waals surface area contributed by atoms with Gasteiger partial charge < -0.3 is 4.74 Å². The van der Waals surface area contributed by atoms with Crippen LogP contribution in [0.3, 0.4) is 0 Å². The summed E-state index contributed by atoms with van der Waals surface area (Å²) >= 11 is 0. The van der Waals surface area contributed by atoms with Crippen LogP contribution in [0.25, 0.3) is 17.1 Å². The van der Waals surface area contributed by atoms with Gasteiger partial charge in [-0.1, -0.05) is 61.7 Å². The molecule has 1 fully saturated rings. The van der Waals surface area contributed by atoms with E-state index in [0.29, 0.717) is 17.3 Å². The molecule has 5 rings (SSSR count). The van der Waals surface area contributed by atoms with Crippen LogP contribution in [0, 0.1) is 0 Å². The maximum atomic E-state index is 13.3. The van der Waals surface area contributed by atoms with Gasteiger partial charge >= 0.3 is 5.97 Å². The maximum absolute atomic E-state index is 13.3. The van der Waals surface area contributed by atoms with Crippen molar-refractivity contribution in [2.75, 3.05) is 0 Å². The molecule has 4 aromatic rings. The number of nitrogens with zero attached hydrogens (tertiary/aromatic N) is 4. The van der Waals surface area contributed by atoms with Crippen LogP contribution in [0.2, 0.25) is 0 Å². The number of rotatable bonds is 9. The van der Waals surface area contributed by atoms with E-state index < -0.39 is 27.6 Å². The summed E-state index contributed by atoms with van der Waals surface area (Å²) in [6.45, 7) is 5.23. The lowest BCUT2D eigenvalue weighted by molar-refractivity contribution is -0.156. The third-order valence-corrected chi connectivity index (χ3v) is 8.80. The number of esters is 1. The molecule has 0 aliphatic heterocycles. The third-order valence-electron chi connectivity index (χ3n) is 7.31. The van der Waals surface area contributed by atoms with Crippen LogP contribution >= 0.6 is 0 Å². The van der Waals surface area contributed by atoms with Crippen LogP contribution in [-0.4, -0.2) is 46.2 Å². The fourth-order valence-corrected chi connectivity index (χ4v) is 6.37. The number of hydrogen-bond acceptors (Lipinski definition) is 7. The van der Waals surface area contributed by atoms with Crippen molar-refractivity contribution < 1.29 is 17.9 Å². The summed E-state index contributed by atoms with van der Waals surface area (Å²) in [5.74, 6) is 0.354. The van der Waals surface area contributed by atoms with E-state index in [-0.39, 0.29) is 11.3 Å². The van der Waals surface area contributed by atoms with Gasteiger partial charge in [-0.05, 0) is 98.7 Å². The lowest BCUT2D eigenvalue weighted by Gasteiger charge is -2.24. The Hall–Kier alpha value is -3.89. The summed E-state index contributed by atoms with van der Waals surface area (Å²) in [6, 6.07) is 22.6. The molecule has 1 N–H and O–H groups in total. The van der Waals surface area contributed by atoms with Gasteiger partial charge in [0.2, 0.25) is 15.8 Å². The van der Waals surface area contributed by atoms with Gasteiger partial charge in [0.15, 0.2) is 0 Å². The second kappa shape index (κ2) is 12.5. The van der Waals surface area contributed by atoms with Gasteiger partial charge in [0, 0.05) is 5.56 Å². The highest BCUT2D eigenvalue weighted by molar-refractivity contribution is 7.89. The molecule has 0 radical (unpaired) electrons. The van der Waals surface area contributed by atoms with E-state index in [1.54, 1.807) is 32.9 Å². The van der Waals surface area contributed by atoms with Crippen molar-refractivity contribution in [3.05, 3.63) is 90.0 Å². The monoisotopic (exact) mass is 587 g/mol. The van der Waals surface area contributed by atoms with E-state index in [0.717, 1.165) is 11.3 Å². The number of benzene rings is 3. The van der Waals surface area contributed by atoms with E-state index >= 15 is 0 Å². The summed E-state index contributed by atoms with van der Waals surface area (Å²) in [5.41, 5.74) is 2.82. The van der Waals surface area contributed by atoms with E-state index in [2.05, 4.69) is 32.3 Å². The van der Waals surface area contributed by atoms with Gasteiger partial charge in [-0.15, -0.1) is 15.0 Å². The first-order valence-electron chi connectivity index (χ1n) is 14.4. The van der Waals surface area contributed by atoms with Crippen LogP contribution in [0.4, 0.5) is 0 Å². The lowest BCUT2D eigenvalue weighted by Crippen LogP contribution is -2.45. The molecular formula is C32H37N5O4S. The van der Waals surface area contributed by atoms with Crippen LogP contribution in [-0.2, 0) is 26.0 Å². The molecule has 1 saturated carbocycles. The molecule has 0 unspecified atom stereocenters. The first-order valence-corrected chi connectivity index (χ1v) is 15.9. The van der Waals surface area contributed by atoms with E-state index in [1.807, 2.05) is 42.5 Å². The molecule has 1 aliphatic carbocycles. The normalized spacial score (nSPS) is 15.3. The number of tetrazole rings is 1. The van der Waals surface area contributed by atoms with Gasteiger partial charge in [-0.25, -0.2) is 8.42 Å². The van der Waals surface area contributed by atoms with Crippen molar-refractivity contribution in [2.45, 2.75) is 81.8 Å². The molecule has 9 nitrogen and oxygen atoms in total. The zero-order valence-electron chi connectivity index (χ0n) is 24.2. The number of sulfonamides is 1. The molecule has 3 aromatic carbocycles. The molecule has 0 bridgehead atoms. The highest BCUT2D eigenvalue weighted by atomic mass is 32.2. The molecule has 1 aliphatic rings. The molecule has 1 aromatic heterocycles. The summed E-state index contributed by atoms with van der Waals surface area (Å²) in [4.78, 5) is 14.4. The quantitative estimate of drug-likeness (QED) is 0.253. The molecule has 10 heteroatoms. The molecule has 1 heterocycles. The Balaban J connectivity index is 1.29. The smallest absolute Gasteiger partial charge is 0.325 e. The van der Waals surface area contributed by atoms with Crippen LogP contribution in [0.5, 0.6) is 0 Å². The van der Waals surface area contributed by atoms with Gasteiger partial charge in [0.25, 0.3) is 0 Å². The van der Waals surface area contributed by atoms with Gasteiger partial charge in [-0.3, -0.25) is 4.79 Å². The lowest BCUT2D eigenvalue weighted by atomic mass is 9.84. The second-order valence-corrected chi connectivity index (χ2v) is 13.5. The Labute approximate surface area is 247 Å². The fourth-order valence-electron chi connectivity index (χ4n) is 5.19. The predicted octanol–water partition coefficient (Wildman–Crippen LogP) is 5.61. The van der Waals surface area contributed by atoms with Crippen LogP contribution in [0.15, 0.2) is 83.8 Å².